The van der Waals surface area contributed by atoms with Crippen molar-refractivity contribution in [2.24, 2.45) is 0 Å². The van der Waals surface area contributed by atoms with Gasteiger partial charge in [0.15, 0.2) is 0 Å². The van der Waals surface area contributed by atoms with Crippen LogP contribution in [0, 0.1) is 5.82 Å². The number of likely N-dealkylation sites (N-methyl/N-ethyl adjacent to an activating group) is 1. The van der Waals surface area contributed by atoms with Crippen LogP contribution in [0.4, 0.5) is 13.2 Å². The van der Waals surface area contributed by atoms with E-state index in [4.69, 9.17) is 0 Å². The molecule has 0 N–H and O–H groups in total. The van der Waals surface area contributed by atoms with Crippen molar-refractivity contribution in [1.29, 1.82) is 0 Å². The minimum atomic E-state index is -2.71. The van der Waals surface area contributed by atoms with E-state index in [0.717, 1.165) is 0 Å². The van der Waals surface area contributed by atoms with Crippen molar-refractivity contribution in [2.45, 2.75) is 19.5 Å². The number of hydrogen-bond donors (Lipinski definition) is 0. The van der Waals surface area contributed by atoms with Gasteiger partial charge in [0.05, 0.1) is 18.7 Å². The summed E-state index contributed by atoms with van der Waals surface area (Å²) in [5.41, 5.74) is 1.18. The minimum Gasteiger partial charge on any atom is -0.338 e. The third kappa shape index (κ3) is 4.10. The predicted octanol–water partition coefficient (Wildman–Crippen LogP) is 3.74. The van der Waals surface area contributed by atoms with Gasteiger partial charge < -0.3 is 4.90 Å². The van der Waals surface area contributed by atoms with Crippen LogP contribution in [0.15, 0.2) is 42.0 Å². The van der Waals surface area contributed by atoms with Crippen LogP contribution < -0.4 is 0 Å². The van der Waals surface area contributed by atoms with Gasteiger partial charge in [0.1, 0.15) is 16.6 Å². The van der Waals surface area contributed by atoms with Crippen LogP contribution in [-0.4, -0.2) is 32.4 Å². The van der Waals surface area contributed by atoms with E-state index in [9.17, 15) is 18.0 Å². The molecular weight excluding hydrogens is 365 g/mol. The van der Waals surface area contributed by atoms with Crippen molar-refractivity contribution in [3.63, 3.8) is 0 Å². The van der Waals surface area contributed by atoms with Crippen molar-refractivity contribution in [2.75, 3.05) is 7.05 Å². The van der Waals surface area contributed by atoms with Gasteiger partial charge in [-0.2, -0.15) is 8.78 Å². The van der Waals surface area contributed by atoms with E-state index >= 15 is 0 Å². The maximum absolute atomic E-state index is 13.3. The van der Waals surface area contributed by atoms with Crippen LogP contribution >= 0.6 is 11.3 Å². The minimum absolute atomic E-state index is 0.0255. The molecule has 3 aromatic rings. The standard InChI is InChI=1S/C17H15F3N4OS/c1-23(9-14-21-5-6-24(14)17(19)20)15(25)8-13-10-26-16(22-13)11-3-2-4-12(18)7-11/h2-7,10,17H,8-9H2,1H3. The van der Waals surface area contributed by atoms with Crippen LogP contribution in [0.5, 0.6) is 0 Å². The summed E-state index contributed by atoms with van der Waals surface area (Å²) in [6, 6.07) is 6.06. The summed E-state index contributed by atoms with van der Waals surface area (Å²) >= 11 is 1.31. The molecule has 1 aromatic carbocycles. The van der Waals surface area contributed by atoms with Gasteiger partial charge in [0.25, 0.3) is 0 Å². The van der Waals surface area contributed by atoms with Crippen molar-refractivity contribution in [3.8, 4) is 10.6 Å². The number of carbonyl (C=O) groups is 1. The quantitative estimate of drug-likeness (QED) is 0.655. The maximum atomic E-state index is 13.3. The number of thiazole rings is 1. The lowest BCUT2D eigenvalue weighted by Gasteiger charge is -2.17. The fourth-order valence-corrected chi connectivity index (χ4v) is 3.19. The molecule has 0 saturated carbocycles. The number of halogens is 3. The van der Waals surface area contributed by atoms with Gasteiger partial charge in [-0.1, -0.05) is 12.1 Å². The Labute approximate surface area is 151 Å². The molecule has 0 unspecified atom stereocenters. The number of benzene rings is 1. The van der Waals surface area contributed by atoms with E-state index < -0.39 is 6.55 Å². The number of alkyl halides is 2. The molecule has 2 aromatic heterocycles. The lowest BCUT2D eigenvalue weighted by molar-refractivity contribution is -0.130. The van der Waals surface area contributed by atoms with E-state index in [-0.39, 0.29) is 30.5 Å². The molecule has 0 aliphatic heterocycles. The lowest BCUT2D eigenvalue weighted by Crippen LogP contribution is -2.29. The number of carbonyl (C=O) groups excluding carboxylic acids is 1. The molecule has 9 heteroatoms. The van der Waals surface area contributed by atoms with Crippen molar-refractivity contribution >= 4 is 17.2 Å². The fourth-order valence-electron chi connectivity index (χ4n) is 2.38. The van der Waals surface area contributed by atoms with Crippen molar-refractivity contribution in [1.82, 2.24) is 19.4 Å². The molecule has 2 heterocycles. The topological polar surface area (TPSA) is 51.0 Å². The highest BCUT2D eigenvalue weighted by Gasteiger charge is 2.17. The third-order valence-corrected chi connectivity index (χ3v) is 4.66. The molecule has 1 amide bonds. The van der Waals surface area contributed by atoms with Gasteiger partial charge in [-0.25, -0.2) is 14.4 Å². The Kier molecular flexibility index (Phi) is 5.36. The number of hydrogen-bond acceptors (Lipinski definition) is 4. The van der Waals surface area contributed by atoms with E-state index in [1.165, 1.54) is 47.8 Å². The zero-order chi connectivity index (χ0) is 18.7. The first kappa shape index (κ1) is 18.1. The molecule has 0 atom stereocenters. The Morgan fingerprint density at radius 2 is 2.19 bits per heavy atom. The van der Waals surface area contributed by atoms with Crippen LogP contribution in [0.3, 0.4) is 0 Å². The van der Waals surface area contributed by atoms with Gasteiger partial charge in [-0.15, -0.1) is 11.3 Å². The highest BCUT2D eigenvalue weighted by Crippen LogP contribution is 2.24. The first-order valence-electron chi connectivity index (χ1n) is 7.68. The predicted molar refractivity (Wildman–Crippen MR) is 91.2 cm³/mol. The second-order valence-electron chi connectivity index (χ2n) is 5.61. The normalized spacial score (nSPS) is 11.1. The Hall–Kier alpha value is -2.68. The summed E-state index contributed by atoms with van der Waals surface area (Å²) in [6.07, 6.45) is 2.47. The van der Waals surface area contributed by atoms with E-state index in [1.807, 2.05) is 0 Å². The molecule has 0 radical (unpaired) electrons. The van der Waals surface area contributed by atoms with Crippen LogP contribution in [-0.2, 0) is 17.8 Å². The molecule has 3 rings (SSSR count). The first-order valence-corrected chi connectivity index (χ1v) is 8.56. The Balaban J connectivity index is 1.65. The highest BCUT2D eigenvalue weighted by molar-refractivity contribution is 7.13. The van der Waals surface area contributed by atoms with E-state index in [0.29, 0.717) is 20.8 Å². The average Bonchev–Trinajstić information content (AvgIpc) is 3.24. The number of nitrogens with zero attached hydrogens (tertiary/aromatic N) is 4. The molecule has 0 aliphatic rings. The second kappa shape index (κ2) is 7.69. The molecular formula is C17H15F3N4OS. The Bertz CT molecular complexity index is 909. The summed E-state index contributed by atoms with van der Waals surface area (Å²) in [5.74, 6) is -0.524. The number of imidazole rings is 1. The van der Waals surface area contributed by atoms with Crippen LogP contribution in [0.2, 0.25) is 0 Å². The van der Waals surface area contributed by atoms with Crippen LogP contribution in [0.25, 0.3) is 10.6 Å². The van der Waals surface area contributed by atoms with E-state index in [2.05, 4.69) is 9.97 Å². The second-order valence-corrected chi connectivity index (χ2v) is 6.47. The largest absolute Gasteiger partial charge is 0.338 e. The summed E-state index contributed by atoms with van der Waals surface area (Å²) in [7, 11) is 1.52. The zero-order valence-corrected chi connectivity index (χ0v) is 14.6. The smallest absolute Gasteiger partial charge is 0.319 e. The molecule has 0 spiro atoms. The average molecular weight is 380 g/mol. The number of aromatic nitrogens is 3. The van der Waals surface area contributed by atoms with Gasteiger partial charge in [0.2, 0.25) is 5.91 Å². The van der Waals surface area contributed by atoms with Gasteiger partial charge in [-0.3, -0.25) is 9.36 Å². The zero-order valence-electron chi connectivity index (χ0n) is 13.8. The number of rotatable bonds is 6. The molecule has 0 aliphatic carbocycles. The Morgan fingerprint density at radius 1 is 1.38 bits per heavy atom. The van der Waals surface area contributed by atoms with Crippen molar-refractivity contribution in [3.05, 3.63) is 59.4 Å². The summed E-state index contributed by atoms with van der Waals surface area (Å²) in [4.78, 5) is 21.9. The van der Waals surface area contributed by atoms with Gasteiger partial charge >= 0.3 is 6.55 Å². The molecule has 0 saturated heterocycles. The summed E-state index contributed by atoms with van der Waals surface area (Å²) in [6.45, 7) is -2.74. The lowest BCUT2D eigenvalue weighted by atomic mass is 10.2. The summed E-state index contributed by atoms with van der Waals surface area (Å²) in [5, 5.41) is 2.34. The molecule has 0 bridgehead atoms. The first-order chi connectivity index (χ1) is 12.4. The number of amides is 1. The monoisotopic (exact) mass is 380 g/mol. The highest BCUT2D eigenvalue weighted by atomic mass is 32.1. The molecule has 136 valence electrons. The summed E-state index contributed by atoms with van der Waals surface area (Å²) < 4.78 is 39.7. The van der Waals surface area contributed by atoms with Gasteiger partial charge in [-0.05, 0) is 12.1 Å². The Morgan fingerprint density at radius 3 is 2.92 bits per heavy atom. The molecule has 5 nitrogen and oxygen atoms in total. The SMILES string of the molecule is CN(Cc1nccn1C(F)F)C(=O)Cc1csc(-c2cccc(F)c2)n1. The van der Waals surface area contributed by atoms with E-state index in [1.54, 1.807) is 17.5 Å². The molecule has 0 fully saturated rings. The fraction of sp³-hybridized carbons (Fsp3) is 0.235. The third-order valence-electron chi connectivity index (χ3n) is 3.72. The van der Waals surface area contributed by atoms with Crippen LogP contribution in [0.1, 0.15) is 18.1 Å². The van der Waals surface area contributed by atoms with Gasteiger partial charge in [0, 0.05) is 30.4 Å². The van der Waals surface area contributed by atoms with Crippen molar-refractivity contribution < 1.29 is 18.0 Å². The maximum Gasteiger partial charge on any atom is 0.319 e. The molecule has 26 heavy (non-hydrogen) atoms.